The molecule has 0 aromatic heterocycles. The van der Waals surface area contributed by atoms with Crippen LogP contribution in [0.1, 0.15) is 23.2 Å². The molecule has 6 heteroatoms. The van der Waals surface area contributed by atoms with Gasteiger partial charge in [-0.15, -0.1) is 0 Å². The van der Waals surface area contributed by atoms with Gasteiger partial charge in [-0.1, -0.05) is 0 Å². The minimum absolute atomic E-state index is 0.0375. The van der Waals surface area contributed by atoms with Crippen LogP contribution in [0.15, 0.2) is 18.2 Å². The van der Waals surface area contributed by atoms with Crippen molar-refractivity contribution >= 4 is 17.5 Å². The lowest BCUT2D eigenvalue weighted by Gasteiger charge is -2.08. The molecule has 1 aliphatic carbocycles. The van der Waals surface area contributed by atoms with Crippen LogP contribution in [0.2, 0.25) is 0 Å². The Morgan fingerprint density at radius 1 is 1.26 bits per heavy atom. The molecule has 1 saturated carbocycles. The smallest absolute Gasteiger partial charge is 0.253 e. The zero-order valence-electron chi connectivity index (χ0n) is 10.4. The van der Waals surface area contributed by atoms with E-state index in [2.05, 4.69) is 10.6 Å². The minimum Gasteiger partial charge on any atom is -0.398 e. The Hall–Kier alpha value is -2.11. The molecule has 1 aliphatic rings. The fourth-order valence-electron chi connectivity index (χ4n) is 1.69. The number of nitrogens with two attached hydrogens (primary N) is 1. The van der Waals surface area contributed by atoms with Crippen molar-refractivity contribution in [1.82, 2.24) is 10.6 Å². The van der Waals surface area contributed by atoms with Crippen molar-refractivity contribution in [2.45, 2.75) is 12.8 Å². The number of carbonyl (C=O) groups is 2. The number of nitrogen functional groups attached to an aromatic ring is 1. The molecule has 19 heavy (non-hydrogen) atoms. The summed E-state index contributed by atoms with van der Waals surface area (Å²) in [6.07, 6.45) is 1.90. The molecule has 0 bridgehead atoms. The van der Waals surface area contributed by atoms with Gasteiger partial charge in [0, 0.05) is 24.7 Å². The fraction of sp³-hybridized carbons (Fsp3) is 0.385. The highest BCUT2D eigenvalue weighted by Gasteiger charge is 2.28. The maximum Gasteiger partial charge on any atom is 0.253 e. The van der Waals surface area contributed by atoms with Gasteiger partial charge >= 0.3 is 0 Å². The van der Waals surface area contributed by atoms with E-state index < -0.39 is 5.82 Å². The summed E-state index contributed by atoms with van der Waals surface area (Å²) in [5, 5.41) is 5.35. The van der Waals surface area contributed by atoms with E-state index in [1.807, 2.05) is 0 Å². The lowest BCUT2D eigenvalue weighted by atomic mass is 10.1. The normalized spacial score (nSPS) is 13.9. The van der Waals surface area contributed by atoms with Crippen LogP contribution >= 0.6 is 0 Å². The van der Waals surface area contributed by atoms with Crippen molar-refractivity contribution in [1.29, 1.82) is 0 Å². The first-order valence-electron chi connectivity index (χ1n) is 6.19. The fourth-order valence-corrected chi connectivity index (χ4v) is 1.69. The van der Waals surface area contributed by atoms with E-state index in [1.54, 1.807) is 0 Å². The SMILES string of the molecule is Nc1cc(F)ccc1C(=O)NCCNC(=O)C1CC1. The Balaban J connectivity index is 1.75. The molecule has 4 N–H and O–H groups in total. The predicted molar refractivity (Wildman–Crippen MR) is 68.9 cm³/mol. The van der Waals surface area contributed by atoms with Crippen LogP contribution in [0.5, 0.6) is 0 Å². The summed E-state index contributed by atoms with van der Waals surface area (Å²) < 4.78 is 12.8. The van der Waals surface area contributed by atoms with Crippen LogP contribution in [-0.4, -0.2) is 24.9 Å². The van der Waals surface area contributed by atoms with Gasteiger partial charge in [0.15, 0.2) is 0 Å². The van der Waals surface area contributed by atoms with Crippen LogP contribution in [0.25, 0.3) is 0 Å². The van der Waals surface area contributed by atoms with E-state index in [4.69, 9.17) is 5.73 Å². The average Bonchev–Trinajstić information content (AvgIpc) is 3.18. The standard InChI is InChI=1S/C13H16FN3O2/c14-9-3-4-10(11(15)7-9)13(19)17-6-5-16-12(18)8-1-2-8/h3-4,7-8H,1-2,5-6,15H2,(H,16,18)(H,17,19). The van der Waals surface area contributed by atoms with Crippen molar-refractivity contribution in [3.63, 3.8) is 0 Å². The Morgan fingerprint density at radius 2 is 1.95 bits per heavy atom. The third-order valence-corrected chi connectivity index (χ3v) is 2.92. The molecule has 1 aromatic carbocycles. The zero-order chi connectivity index (χ0) is 13.8. The highest BCUT2D eigenvalue weighted by molar-refractivity contribution is 5.99. The number of amides is 2. The number of anilines is 1. The number of hydrogen-bond donors (Lipinski definition) is 3. The minimum atomic E-state index is -0.481. The van der Waals surface area contributed by atoms with E-state index in [-0.39, 0.29) is 29.0 Å². The average molecular weight is 265 g/mol. The van der Waals surface area contributed by atoms with Crippen LogP contribution in [0, 0.1) is 11.7 Å². The Kier molecular flexibility index (Phi) is 3.99. The van der Waals surface area contributed by atoms with Gasteiger partial charge in [-0.2, -0.15) is 0 Å². The third-order valence-electron chi connectivity index (χ3n) is 2.92. The monoisotopic (exact) mass is 265 g/mol. The first-order chi connectivity index (χ1) is 9.08. The van der Waals surface area contributed by atoms with E-state index in [1.165, 1.54) is 12.1 Å². The summed E-state index contributed by atoms with van der Waals surface area (Å²) in [5.41, 5.74) is 5.88. The summed E-state index contributed by atoms with van der Waals surface area (Å²) in [6, 6.07) is 3.62. The molecule has 0 heterocycles. The van der Waals surface area contributed by atoms with Crippen LogP contribution in [-0.2, 0) is 4.79 Å². The quantitative estimate of drug-likeness (QED) is 0.540. The van der Waals surface area contributed by atoms with Crippen LogP contribution < -0.4 is 16.4 Å². The molecule has 2 amide bonds. The molecule has 0 saturated heterocycles. The molecule has 0 aliphatic heterocycles. The molecular formula is C13H16FN3O2. The Labute approximate surface area is 110 Å². The molecule has 5 nitrogen and oxygen atoms in total. The van der Waals surface area contributed by atoms with Gasteiger partial charge in [0.05, 0.1) is 5.56 Å². The highest BCUT2D eigenvalue weighted by Crippen LogP contribution is 2.28. The van der Waals surface area contributed by atoms with Crippen molar-refractivity contribution < 1.29 is 14.0 Å². The number of rotatable bonds is 5. The lowest BCUT2D eigenvalue weighted by Crippen LogP contribution is -2.35. The van der Waals surface area contributed by atoms with Gasteiger partial charge < -0.3 is 16.4 Å². The van der Waals surface area contributed by atoms with Crippen LogP contribution in [0.3, 0.4) is 0 Å². The largest absolute Gasteiger partial charge is 0.398 e. The van der Waals surface area contributed by atoms with Crippen LogP contribution in [0.4, 0.5) is 10.1 Å². The first kappa shape index (κ1) is 13.3. The molecule has 0 spiro atoms. The Morgan fingerprint density at radius 3 is 2.58 bits per heavy atom. The summed E-state index contributed by atoms with van der Waals surface area (Å²) in [5.74, 6) is -0.664. The molecule has 1 aromatic rings. The van der Waals surface area contributed by atoms with E-state index in [0.29, 0.717) is 13.1 Å². The van der Waals surface area contributed by atoms with Gasteiger partial charge in [0.2, 0.25) is 5.91 Å². The molecule has 0 unspecified atom stereocenters. The summed E-state index contributed by atoms with van der Waals surface area (Å²) in [7, 11) is 0. The van der Waals surface area contributed by atoms with E-state index in [0.717, 1.165) is 18.9 Å². The zero-order valence-corrected chi connectivity index (χ0v) is 10.4. The van der Waals surface area contributed by atoms with Crippen molar-refractivity contribution in [3.8, 4) is 0 Å². The van der Waals surface area contributed by atoms with Gasteiger partial charge in [-0.05, 0) is 31.0 Å². The highest BCUT2D eigenvalue weighted by atomic mass is 19.1. The van der Waals surface area contributed by atoms with Gasteiger partial charge in [0.1, 0.15) is 5.82 Å². The topological polar surface area (TPSA) is 84.2 Å². The Bertz CT molecular complexity index is 501. The van der Waals surface area contributed by atoms with Crippen molar-refractivity contribution in [2.24, 2.45) is 5.92 Å². The number of halogens is 1. The van der Waals surface area contributed by atoms with Crippen molar-refractivity contribution in [2.75, 3.05) is 18.8 Å². The molecular weight excluding hydrogens is 249 g/mol. The van der Waals surface area contributed by atoms with Gasteiger partial charge in [0.25, 0.3) is 5.91 Å². The van der Waals surface area contributed by atoms with E-state index in [9.17, 15) is 14.0 Å². The molecule has 102 valence electrons. The van der Waals surface area contributed by atoms with Crippen molar-refractivity contribution in [3.05, 3.63) is 29.6 Å². The molecule has 2 rings (SSSR count). The van der Waals surface area contributed by atoms with Gasteiger partial charge in [-0.3, -0.25) is 9.59 Å². The molecule has 1 fully saturated rings. The maximum absolute atomic E-state index is 12.8. The third kappa shape index (κ3) is 3.67. The van der Waals surface area contributed by atoms with E-state index >= 15 is 0 Å². The second-order valence-electron chi connectivity index (χ2n) is 4.55. The molecule has 0 atom stereocenters. The summed E-state index contributed by atoms with van der Waals surface area (Å²) >= 11 is 0. The lowest BCUT2D eigenvalue weighted by molar-refractivity contribution is -0.122. The summed E-state index contributed by atoms with van der Waals surface area (Å²) in [4.78, 5) is 23.1. The van der Waals surface area contributed by atoms with Gasteiger partial charge in [-0.25, -0.2) is 4.39 Å². The second-order valence-corrected chi connectivity index (χ2v) is 4.55. The number of benzene rings is 1. The maximum atomic E-state index is 12.8. The number of nitrogens with one attached hydrogen (secondary N) is 2. The number of hydrogen-bond acceptors (Lipinski definition) is 3. The molecule has 0 radical (unpaired) electrons. The predicted octanol–water partition coefficient (Wildman–Crippen LogP) is 0.664. The first-order valence-corrected chi connectivity index (χ1v) is 6.19. The summed E-state index contributed by atoms with van der Waals surface area (Å²) in [6.45, 7) is 0.691. The number of carbonyl (C=O) groups excluding carboxylic acids is 2. The second kappa shape index (κ2) is 5.69.